The fourth-order valence-electron chi connectivity index (χ4n) is 1.76. The predicted octanol–water partition coefficient (Wildman–Crippen LogP) is 3.63. The van der Waals surface area contributed by atoms with E-state index in [2.05, 4.69) is 41.9 Å². The van der Waals surface area contributed by atoms with Gasteiger partial charge in [0.05, 0.1) is 12.2 Å². The van der Waals surface area contributed by atoms with Gasteiger partial charge in [-0.2, -0.15) is 0 Å². The third kappa shape index (κ3) is 3.88. The lowest BCUT2D eigenvalue weighted by Crippen LogP contribution is -2.13. The van der Waals surface area contributed by atoms with E-state index in [-0.39, 0.29) is 9.56 Å². The minimum absolute atomic E-state index is 0.0705. The highest BCUT2D eigenvalue weighted by atomic mass is 79.9. The molecule has 2 rings (SSSR count). The van der Waals surface area contributed by atoms with Crippen LogP contribution in [0.4, 0.5) is 5.69 Å². The van der Waals surface area contributed by atoms with E-state index in [9.17, 15) is 8.42 Å². The second kappa shape index (κ2) is 6.51. The van der Waals surface area contributed by atoms with Gasteiger partial charge in [-0.05, 0) is 63.5 Å². The Labute approximate surface area is 140 Å². The summed E-state index contributed by atoms with van der Waals surface area (Å²) in [5.41, 5.74) is 1.44. The molecule has 0 atom stereocenters. The Hall–Kier alpha value is -0.830. The SMILES string of the molecule is CNCc1cc(S(=O)(=O)Nc2cc(C)ccc2Br)c(Br)o1. The fourth-order valence-corrected chi connectivity index (χ4v) is 4.31. The lowest BCUT2D eigenvalue weighted by molar-refractivity contribution is 0.470. The molecule has 21 heavy (non-hydrogen) atoms. The molecule has 0 unspecified atom stereocenters. The first-order valence-corrected chi connectivity index (χ1v) is 9.12. The second-order valence-corrected chi connectivity index (χ2v) is 7.70. The van der Waals surface area contributed by atoms with Crippen LogP contribution < -0.4 is 10.0 Å². The average Bonchev–Trinajstić information content (AvgIpc) is 2.76. The molecule has 0 bridgehead atoms. The summed E-state index contributed by atoms with van der Waals surface area (Å²) >= 11 is 6.48. The Morgan fingerprint density at radius 2 is 1.95 bits per heavy atom. The Kier molecular flexibility index (Phi) is 5.13. The molecular weight excluding hydrogens is 424 g/mol. The van der Waals surface area contributed by atoms with Gasteiger partial charge in [-0.3, -0.25) is 4.72 Å². The number of hydrogen-bond acceptors (Lipinski definition) is 4. The van der Waals surface area contributed by atoms with E-state index in [4.69, 9.17) is 4.42 Å². The van der Waals surface area contributed by atoms with Crippen LogP contribution in [0.1, 0.15) is 11.3 Å². The minimum Gasteiger partial charge on any atom is -0.451 e. The Morgan fingerprint density at radius 1 is 1.24 bits per heavy atom. The van der Waals surface area contributed by atoms with Gasteiger partial charge in [0.2, 0.25) is 0 Å². The van der Waals surface area contributed by atoms with E-state index in [0.29, 0.717) is 22.5 Å². The van der Waals surface area contributed by atoms with Crippen LogP contribution in [0.15, 0.2) is 42.7 Å². The number of anilines is 1. The maximum absolute atomic E-state index is 12.5. The molecule has 0 saturated carbocycles. The molecule has 1 heterocycles. The first-order valence-electron chi connectivity index (χ1n) is 6.05. The third-order valence-corrected chi connectivity index (χ3v) is 5.63. The van der Waals surface area contributed by atoms with E-state index < -0.39 is 10.0 Å². The summed E-state index contributed by atoms with van der Waals surface area (Å²) in [6, 6.07) is 6.93. The van der Waals surface area contributed by atoms with Crippen LogP contribution in [0, 0.1) is 6.92 Å². The summed E-state index contributed by atoms with van der Waals surface area (Å²) < 4.78 is 33.7. The van der Waals surface area contributed by atoms with Gasteiger partial charge in [-0.1, -0.05) is 6.07 Å². The zero-order valence-corrected chi connectivity index (χ0v) is 15.4. The molecule has 1 aromatic heterocycles. The van der Waals surface area contributed by atoms with E-state index in [1.54, 1.807) is 19.2 Å². The van der Waals surface area contributed by atoms with E-state index in [1.165, 1.54) is 6.07 Å². The van der Waals surface area contributed by atoms with Crippen molar-refractivity contribution in [1.82, 2.24) is 5.32 Å². The minimum atomic E-state index is -3.73. The quantitative estimate of drug-likeness (QED) is 0.749. The summed E-state index contributed by atoms with van der Waals surface area (Å²) in [7, 11) is -1.97. The molecule has 5 nitrogen and oxygen atoms in total. The van der Waals surface area contributed by atoms with Gasteiger partial charge in [0.1, 0.15) is 10.7 Å². The molecule has 0 aliphatic heterocycles. The molecule has 1 aromatic carbocycles. The van der Waals surface area contributed by atoms with Crippen molar-refractivity contribution in [2.24, 2.45) is 0 Å². The van der Waals surface area contributed by atoms with Gasteiger partial charge in [-0.15, -0.1) is 0 Å². The van der Waals surface area contributed by atoms with Crippen molar-refractivity contribution in [3.8, 4) is 0 Å². The van der Waals surface area contributed by atoms with Crippen LogP contribution in [0.5, 0.6) is 0 Å². The Balaban J connectivity index is 2.36. The summed E-state index contributed by atoms with van der Waals surface area (Å²) in [5, 5.41) is 2.90. The van der Waals surface area contributed by atoms with Gasteiger partial charge in [-0.25, -0.2) is 8.42 Å². The van der Waals surface area contributed by atoms with Crippen molar-refractivity contribution < 1.29 is 12.8 Å². The molecule has 8 heteroatoms. The van der Waals surface area contributed by atoms with E-state index >= 15 is 0 Å². The summed E-state index contributed by atoms with van der Waals surface area (Å²) in [6.07, 6.45) is 0. The van der Waals surface area contributed by atoms with Gasteiger partial charge < -0.3 is 9.73 Å². The fraction of sp³-hybridized carbons (Fsp3) is 0.231. The smallest absolute Gasteiger partial charge is 0.266 e. The second-order valence-electron chi connectivity index (χ2n) is 4.47. The number of furan rings is 1. The molecule has 0 spiro atoms. The van der Waals surface area contributed by atoms with E-state index in [0.717, 1.165) is 5.56 Å². The highest BCUT2D eigenvalue weighted by Gasteiger charge is 2.23. The molecule has 2 aromatic rings. The monoisotopic (exact) mass is 436 g/mol. The molecule has 114 valence electrons. The zero-order chi connectivity index (χ0) is 15.6. The standard InChI is InChI=1S/C13H14Br2N2O3S/c1-8-3-4-10(14)11(5-8)17-21(18,19)12-6-9(7-16-2)20-13(12)15/h3-6,16-17H,7H2,1-2H3. The third-order valence-electron chi connectivity index (χ3n) is 2.71. The predicted molar refractivity (Wildman–Crippen MR) is 88.9 cm³/mol. The highest BCUT2D eigenvalue weighted by molar-refractivity contribution is 9.10. The number of hydrogen-bond donors (Lipinski definition) is 2. The number of halogens is 2. The lowest BCUT2D eigenvalue weighted by Gasteiger charge is -2.09. The first kappa shape index (κ1) is 16.5. The highest BCUT2D eigenvalue weighted by Crippen LogP contribution is 2.30. The maximum atomic E-state index is 12.5. The molecule has 0 fully saturated rings. The number of sulfonamides is 1. The van der Waals surface area contributed by atoms with E-state index in [1.807, 2.05) is 13.0 Å². The van der Waals surface area contributed by atoms with Crippen LogP contribution in [0.2, 0.25) is 0 Å². The van der Waals surface area contributed by atoms with Crippen molar-refractivity contribution >= 4 is 47.6 Å². The van der Waals surface area contributed by atoms with Crippen molar-refractivity contribution in [2.45, 2.75) is 18.4 Å². The van der Waals surface area contributed by atoms with Crippen molar-refractivity contribution in [1.29, 1.82) is 0 Å². The van der Waals surface area contributed by atoms with Crippen molar-refractivity contribution in [3.63, 3.8) is 0 Å². The molecule has 0 aliphatic carbocycles. The van der Waals surface area contributed by atoms with Crippen LogP contribution in [-0.2, 0) is 16.6 Å². The molecule has 0 amide bonds. The van der Waals surface area contributed by atoms with Gasteiger partial charge in [0.15, 0.2) is 4.67 Å². The van der Waals surface area contributed by atoms with Crippen LogP contribution >= 0.6 is 31.9 Å². The summed E-state index contributed by atoms with van der Waals surface area (Å²) in [6.45, 7) is 2.34. The Morgan fingerprint density at radius 3 is 2.62 bits per heavy atom. The van der Waals surface area contributed by atoms with Crippen molar-refractivity contribution in [2.75, 3.05) is 11.8 Å². The summed E-state index contributed by atoms with van der Waals surface area (Å²) in [4.78, 5) is 0.0705. The zero-order valence-electron chi connectivity index (χ0n) is 11.4. The molecule has 2 N–H and O–H groups in total. The topological polar surface area (TPSA) is 71.3 Å². The number of benzene rings is 1. The molecular formula is C13H14Br2N2O3S. The molecule has 0 radical (unpaired) electrons. The largest absolute Gasteiger partial charge is 0.451 e. The van der Waals surface area contributed by atoms with Crippen molar-refractivity contribution in [3.05, 3.63) is 44.7 Å². The lowest BCUT2D eigenvalue weighted by atomic mass is 10.2. The molecule has 0 aliphatic rings. The maximum Gasteiger partial charge on any atom is 0.266 e. The van der Waals surface area contributed by atoms with Crippen LogP contribution in [-0.4, -0.2) is 15.5 Å². The number of nitrogens with one attached hydrogen (secondary N) is 2. The Bertz CT molecular complexity index is 757. The number of rotatable bonds is 5. The number of aryl methyl sites for hydroxylation is 1. The average molecular weight is 438 g/mol. The summed E-state index contributed by atoms with van der Waals surface area (Å²) in [5.74, 6) is 0.535. The van der Waals surface area contributed by atoms with Gasteiger partial charge in [0.25, 0.3) is 10.0 Å². The first-order chi connectivity index (χ1) is 9.83. The van der Waals surface area contributed by atoms with Crippen LogP contribution in [0.25, 0.3) is 0 Å². The van der Waals surface area contributed by atoms with Crippen LogP contribution in [0.3, 0.4) is 0 Å². The van der Waals surface area contributed by atoms with Gasteiger partial charge >= 0.3 is 0 Å². The molecule has 0 saturated heterocycles. The van der Waals surface area contributed by atoms with Gasteiger partial charge in [0, 0.05) is 10.5 Å². The normalized spacial score (nSPS) is 11.6.